The predicted molar refractivity (Wildman–Crippen MR) is 82.7 cm³/mol. The molecule has 102 valence electrons. The number of hydrogen-bond acceptors (Lipinski definition) is 3. The Labute approximate surface area is 119 Å². The van der Waals surface area contributed by atoms with Gasteiger partial charge in [-0.05, 0) is 30.5 Å². The van der Waals surface area contributed by atoms with Gasteiger partial charge in [0.15, 0.2) is 0 Å². The molecule has 1 aliphatic rings. The molecule has 1 aromatic heterocycles. The van der Waals surface area contributed by atoms with Gasteiger partial charge in [0.25, 0.3) is 0 Å². The lowest BCUT2D eigenvalue weighted by Crippen LogP contribution is -2.32. The summed E-state index contributed by atoms with van der Waals surface area (Å²) in [6.45, 7) is 6.65. The van der Waals surface area contributed by atoms with Crippen molar-refractivity contribution in [1.82, 2.24) is 4.98 Å². The van der Waals surface area contributed by atoms with E-state index >= 15 is 0 Å². The number of thiazole rings is 1. The SMILES string of the molecule is CC(C)(C)c1nc2cc(C3(N)CCCC3)ccc2s1. The molecule has 2 N–H and O–H groups in total. The Morgan fingerprint density at radius 1 is 1.21 bits per heavy atom. The molecule has 1 saturated carbocycles. The number of hydrogen-bond donors (Lipinski definition) is 1. The zero-order valence-electron chi connectivity index (χ0n) is 12.0. The van der Waals surface area contributed by atoms with Gasteiger partial charge in [-0.3, -0.25) is 0 Å². The molecule has 0 radical (unpaired) electrons. The number of fused-ring (bicyclic) bond motifs is 1. The van der Waals surface area contributed by atoms with Crippen molar-refractivity contribution in [2.75, 3.05) is 0 Å². The number of nitrogens with two attached hydrogens (primary N) is 1. The van der Waals surface area contributed by atoms with Crippen molar-refractivity contribution < 1.29 is 0 Å². The average molecular weight is 274 g/mol. The summed E-state index contributed by atoms with van der Waals surface area (Å²) in [6.07, 6.45) is 4.71. The van der Waals surface area contributed by atoms with Crippen molar-refractivity contribution in [2.45, 2.75) is 57.4 Å². The Morgan fingerprint density at radius 2 is 1.89 bits per heavy atom. The van der Waals surface area contributed by atoms with E-state index in [2.05, 4.69) is 39.0 Å². The number of benzene rings is 1. The zero-order chi connectivity index (χ0) is 13.7. The van der Waals surface area contributed by atoms with Crippen LogP contribution in [0.1, 0.15) is 57.0 Å². The van der Waals surface area contributed by atoms with E-state index in [1.807, 2.05) is 0 Å². The lowest BCUT2D eigenvalue weighted by molar-refractivity contribution is 0.462. The van der Waals surface area contributed by atoms with Crippen LogP contribution in [0.2, 0.25) is 0 Å². The molecule has 2 nitrogen and oxygen atoms in total. The van der Waals surface area contributed by atoms with Gasteiger partial charge >= 0.3 is 0 Å². The normalized spacial score (nSPS) is 19.2. The topological polar surface area (TPSA) is 38.9 Å². The van der Waals surface area contributed by atoms with Crippen LogP contribution in [-0.2, 0) is 11.0 Å². The summed E-state index contributed by atoms with van der Waals surface area (Å²) in [5, 5.41) is 1.21. The summed E-state index contributed by atoms with van der Waals surface area (Å²) in [4.78, 5) is 4.81. The Hall–Kier alpha value is -0.930. The molecule has 0 aliphatic heterocycles. The van der Waals surface area contributed by atoms with E-state index in [0.717, 1.165) is 18.4 Å². The van der Waals surface area contributed by atoms with Crippen LogP contribution < -0.4 is 5.73 Å². The van der Waals surface area contributed by atoms with Crippen molar-refractivity contribution in [3.05, 3.63) is 28.8 Å². The quantitative estimate of drug-likeness (QED) is 0.841. The molecule has 1 fully saturated rings. The van der Waals surface area contributed by atoms with Gasteiger partial charge in [-0.1, -0.05) is 39.7 Å². The van der Waals surface area contributed by atoms with Crippen LogP contribution in [0.4, 0.5) is 0 Å². The monoisotopic (exact) mass is 274 g/mol. The molecule has 19 heavy (non-hydrogen) atoms. The lowest BCUT2D eigenvalue weighted by atomic mass is 9.89. The van der Waals surface area contributed by atoms with Gasteiger partial charge in [-0.15, -0.1) is 11.3 Å². The fourth-order valence-electron chi connectivity index (χ4n) is 2.85. The fourth-order valence-corrected chi connectivity index (χ4v) is 3.86. The Morgan fingerprint density at radius 3 is 2.53 bits per heavy atom. The van der Waals surface area contributed by atoms with Gasteiger partial charge in [0.05, 0.1) is 15.2 Å². The molecule has 0 saturated heterocycles. The third kappa shape index (κ3) is 2.30. The van der Waals surface area contributed by atoms with E-state index in [1.165, 1.54) is 28.1 Å². The molecule has 3 rings (SSSR count). The molecule has 0 unspecified atom stereocenters. The molecule has 2 aromatic rings. The second kappa shape index (κ2) is 4.29. The summed E-state index contributed by atoms with van der Waals surface area (Å²) in [5.74, 6) is 0. The van der Waals surface area contributed by atoms with Gasteiger partial charge in [0.2, 0.25) is 0 Å². The average Bonchev–Trinajstić information content (AvgIpc) is 2.93. The van der Waals surface area contributed by atoms with Gasteiger partial charge in [-0.25, -0.2) is 4.98 Å². The summed E-state index contributed by atoms with van der Waals surface area (Å²) >= 11 is 1.80. The largest absolute Gasteiger partial charge is 0.321 e. The van der Waals surface area contributed by atoms with Crippen LogP contribution in [-0.4, -0.2) is 4.98 Å². The first kappa shape index (κ1) is 13.1. The molecule has 0 spiro atoms. The predicted octanol–water partition coefficient (Wildman–Crippen LogP) is 4.32. The van der Waals surface area contributed by atoms with Crippen LogP contribution in [0.15, 0.2) is 18.2 Å². The van der Waals surface area contributed by atoms with Crippen LogP contribution in [0, 0.1) is 0 Å². The third-order valence-electron chi connectivity index (χ3n) is 4.10. The summed E-state index contributed by atoms with van der Waals surface area (Å²) in [6, 6.07) is 6.62. The Kier molecular flexibility index (Phi) is 2.95. The first-order valence-electron chi connectivity index (χ1n) is 7.09. The maximum Gasteiger partial charge on any atom is 0.0992 e. The van der Waals surface area contributed by atoms with E-state index in [9.17, 15) is 0 Å². The minimum absolute atomic E-state index is 0.111. The highest BCUT2D eigenvalue weighted by atomic mass is 32.1. The molecule has 1 aromatic carbocycles. The van der Waals surface area contributed by atoms with Crippen molar-refractivity contribution in [3.63, 3.8) is 0 Å². The second-order valence-corrected chi connectivity index (χ2v) is 7.85. The van der Waals surface area contributed by atoms with E-state index in [0.29, 0.717) is 0 Å². The van der Waals surface area contributed by atoms with Crippen LogP contribution in [0.25, 0.3) is 10.2 Å². The van der Waals surface area contributed by atoms with Crippen LogP contribution >= 0.6 is 11.3 Å². The van der Waals surface area contributed by atoms with E-state index in [-0.39, 0.29) is 11.0 Å². The van der Waals surface area contributed by atoms with E-state index in [4.69, 9.17) is 10.7 Å². The summed E-state index contributed by atoms with van der Waals surface area (Å²) in [7, 11) is 0. The molecule has 1 heterocycles. The lowest BCUT2D eigenvalue weighted by Gasteiger charge is -2.23. The van der Waals surface area contributed by atoms with Crippen LogP contribution in [0.3, 0.4) is 0 Å². The summed E-state index contributed by atoms with van der Waals surface area (Å²) < 4.78 is 1.27. The van der Waals surface area contributed by atoms with Gasteiger partial charge < -0.3 is 5.73 Å². The smallest absolute Gasteiger partial charge is 0.0992 e. The zero-order valence-corrected chi connectivity index (χ0v) is 12.8. The molecule has 1 aliphatic carbocycles. The maximum atomic E-state index is 6.54. The van der Waals surface area contributed by atoms with Gasteiger partial charge in [-0.2, -0.15) is 0 Å². The van der Waals surface area contributed by atoms with E-state index in [1.54, 1.807) is 11.3 Å². The first-order valence-corrected chi connectivity index (χ1v) is 7.91. The first-order chi connectivity index (χ1) is 8.88. The Bertz CT molecular complexity index is 601. The number of aromatic nitrogens is 1. The van der Waals surface area contributed by atoms with E-state index < -0.39 is 0 Å². The fraction of sp³-hybridized carbons (Fsp3) is 0.562. The second-order valence-electron chi connectivity index (χ2n) is 6.81. The Balaban J connectivity index is 2.06. The van der Waals surface area contributed by atoms with Crippen molar-refractivity contribution in [2.24, 2.45) is 5.73 Å². The maximum absolute atomic E-state index is 6.54. The van der Waals surface area contributed by atoms with Crippen molar-refractivity contribution >= 4 is 21.6 Å². The highest BCUT2D eigenvalue weighted by molar-refractivity contribution is 7.18. The molecular weight excluding hydrogens is 252 g/mol. The molecular formula is C16H22N2S. The highest BCUT2D eigenvalue weighted by Gasteiger charge is 2.31. The van der Waals surface area contributed by atoms with Crippen molar-refractivity contribution in [1.29, 1.82) is 0 Å². The molecule has 0 amide bonds. The molecule has 0 atom stereocenters. The number of nitrogens with zero attached hydrogens (tertiary/aromatic N) is 1. The number of rotatable bonds is 1. The summed E-state index contributed by atoms with van der Waals surface area (Å²) in [5.41, 5.74) is 8.93. The minimum atomic E-state index is -0.111. The molecule has 0 bridgehead atoms. The van der Waals surface area contributed by atoms with Gasteiger partial charge in [0.1, 0.15) is 0 Å². The third-order valence-corrected chi connectivity index (χ3v) is 5.56. The van der Waals surface area contributed by atoms with Crippen LogP contribution in [0.5, 0.6) is 0 Å². The standard InChI is InChI=1S/C16H22N2S/c1-15(2,3)14-18-12-10-11(6-7-13(12)19-14)16(17)8-4-5-9-16/h6-7,10H,4-5,8-9,17H2,1-3H3. The minimum Gasteiger partial charge on any atom is -0.321 e. The molecule has 3 heteroatoms. The van der Waals surface area contributed by atoms with Crippen molar-refractivity contribution in [3.8, 4) is 0 Å². The highest BCUT2D eigenvalue weighted by Crippen LogP contribution is 2.38. The van der Waals surface area contributed by atoms with Gasteiger partial charge in [0, 0.05) is 11.0 Å².